The Kier molecular flexibility index (Phi) is 6.30. The Morgan fingerprint density at radius 3 is 1.56 bits per heavy atom. The lowest BCUT2D eigenvalue weighted by Crippen LogP contribution is -2.37. The molecule has 0 radical (unpaired) electrons. The summed E-state index contributed by atoms with van der Waals surface area (Å²) in [7, 11) is 1.53. The SMILES string of the molecule is FC(F)(F)CC(P)(CC(F)(F)F)OCCI. The van der Waals surface area contributed by atoms with E-state index in [1.165, 1.54) is 9.24 Å². The van der Waals surface area contributed by atoms with Crippen molar-refractivity contribution in [1.82, 2.24) is 0 Å². The molecule has 1 atom stereocenters. The molecule has 0 aliphatic rings. The van der Waals surface area contributed by atoms with Gasteiger partial charge in [0.2, 0.25) is 0 Å². The Morgan fingerprint density at radius 2 is 1.31 bits per heavy atom. The summed E-state index contributed by atoms with van der Waals surface area (Å²) in [6, 6.07) is 0. The summed E-state index contributed by atoms with van der Waals surface area (Å²) in [4.78, 5) is 0. The molecular formula is C7H10F6IOP. The normalized spacial score (nSPS) is 14.2. The molecule has 0 bridgehead atoms. The molecule has 98 valence electrons. The van der Waals surface area contributed by atoms with Gasteiger partial charge >= 0.3 is 12.4 Å². The molecule has 0 saturated heterocycles. The average molecular weight is 382 g/mol. The van der Waals surface area contributed by atoms with Gasteiger partial charge in [-0.25, -0.2) is 0 Å². The van der Waals surface area contributed by atoms with Crippen LogP contribution in [0.2, 0.25) is 0 Å². The van der Waals surface area contributed by atoms with E-state index in [1.807, 2.05) is 0 Å². The summed E-state index contributed by atoms with van der Waals surface area (Å²) >= 11 is 1.81. The highest BCUT2D eigenvalue weighted by Gasteiger charge is 2.47. The van der Waals surface area contributed by atoms with Gasteiger partial charge in [0, 0.05) is 4.43 Å². The molecule has 1 nitrogen and oxygen atoms in total. The van der Waals surface area contributed by atoms with Crippen LogP contribution >= 0.6 is 31.8 Å². The first-order chi connectivity index (χ1) is 6.97. The van der Waals surface area contributed by atoms with Gasteiger partial charge in [-0.1, -0.05) is 22.6 Å². The van der Waals surface area contributed by atoms with Gasteiger partial charge in [-0.3, -0.25) is 0 Å². The smallest absolute Gasteiger partial charge is 0.370 e. The second-order valence-electron chi connectivity index (χ2n) is 3.19. The predicted octanol–water partition coefficient (Wildman–Crippen LogP) is 3.91. The third-order valence-electron chi connectivity index (χ3n) is 1.47. The molecule has 0 aliphatic carbocycles. The molecule has 16 heavy (non-hydrogen) atoms. The highest BCUT2D eigenvalue weighted by Crippen LogP contribution is 2.42. The monoisotopic (exact) mass is 382 g/mol. The van der Waals surface area contributed by atoms with Gasteiger partial charge in [0.15, 0.2) is 0 Å². The Labute approximate surface area is 105 Å². The number of hydrogen-bond acceptors (Lipinski definition) is 1. The lowest BCUT2D eigenvalue weighted by molar-refractivity contribution is -0.203. The Bertz CT molecular complexity index is 200. The topological polar surface area (TPSA) is 9.23 Å². The van der Waals surface area contributed by atoms with Crippen LogP contribution in [-0.2, 0) is 4.74 Å². The van der Waals surface area contributed by atoms with E-state index in [0.717, 1.165) is 0 Å². The molecule has 0 spiro atoms. The van der Waals surface area contributed by atoms with E-state index < -0.39 is 30.5 Å². The summed E-state index contributed by atoms with van der Waals surface area (Å²) in [5, 5.41) is -2.32. The van der Waals surface area contributed by atoms with E-state index >= 15 is 0 Å². The number of halogens is 7. The number of ether oxygens (including phenoxy) is 1. The molecule has 0 heterocycles. The Morgan fingerprint density at radius 1 is 0.938 bits per heavy atom. The van der Waals surface area contributed by atoms with Crippen LogP contribution in [0.3, 0.4) is 0 Å². The van der Waals surface area contributed by atoms with Crippen LogP contribution in [0.25, 0.3) is 0 Å². The van der Waals surface area contributed by atoms with Gasteiger partial charge in [0.05, 0.1) is 24.8 Å². The zero-order chi connectivity index (χ0) is 13.0. The molecule has 0 aliphatic heterocycles. The highest BCUT2D eigenvalue weighted by atomic mass is 127. The summed E-state index contributed by atoms with van der Waals surface area (Å²) in [5.74, 6) is 0. The minimum atomic E-state index is -4.70. The van der Waals surface area contributed by atoms with E-state index in [0.29, 0.717) is 4.43 Å². The fraction of sp³-hybridized carbons (Fsp3) is 1.00. The van der Waals surface area contributed by atoms with Crippen molar-refractivity contribution in [1.29, 1.82) is 0 Å². The molecule has 9 heteroatoms. The number of hydrogen-bond donors (Lipinski definition) is 0. The maximum atomic E-state index is 12.1. The standard InChI is InChI=1S/C7H10F6IOP/c8-6(9,10)3-5(16,15-2-1-14)4-7(11,12)13/h1-4,16H2. The Hall–Kier alpha value is 0.700. The first kappa shape index (κ1) is 16.7. The second-order valence-corrected chi connectivity index (χ2v) is 5.32. The van der Waals surface area contributed by atoms with Crippen LogP contribution in [0, 0.1) is 0 Å². The van der Waals surface area contributed by atoms with Crippen molar-refractivity contribution in [2.45, 2.75) is 30.5 Å². The molecule has 0 fully saturated rings. The molecule has 0 aromatic carbocycles. The molecule has 0 aromatic heterocycles. The van der Waals surface area contributed by atoms with Gasteiger partial charge in [-0.15, -0.1) is 9.24 Å². The predicted molar refractivity (Wildman–Crippen MR) is 58.6 cm³/mol. The number of rotatable bonds is 5. The first-order valence-corrected chi connectivity index (χ1v) is 6.20. The molecule has 1 unspecified atom stereocenters. The third kappa shape index (κ3) is 8.81. The molecule has 0 aromatic rings. The van der Waals surface area contributed by atoms with Crippen molar-refractivity contribution in [2.75, 3.05) is 11.0 Å². The summed E-state index contributed by atoms with van der Waals surface area (Å²) in [5.41, 5.74) is 0. The van der Waals surface area contributed by atoms with E-state index in [9.17, 15) is 26.3 Å². The fourth-order valence-corrected chi connectivity index (χ4v) is 1.89. The maximum absolute atomic E-state index is 12.1. The lowest BCUT2D eigenvalue weighted by Gasteiger charge is -2.31. The van der Waals surface area contributed by atoms with Gasteiger partial charge in [-0.05, 0) is 0 Å². The fourth-order valence-electron chi connectivity index (χ4n) is 1.08. The van der Waals surface area contributed by atoms with Crippen LogP contribution in [0.15, 0.2) is 0 Å². The van der Waals surface area contributed by atoms with Crippen molar-refractivity contribution < 1.29 is 31.1 Å². The molecule has 0 rings (SSSR count). The summed E-state index contributed by atoms with van der Waals surface area (Å²) < 4.78 is 77.5. The Balaban J connectivity index is 4.61. The largest absolute Gasteiger partial charge is 0.392 e. The molecule has 0 amide bonds. The first-order valence-electron chi connectivity index (χ1n) is 4.10. The van der Waals surface area contributed by atoms with E-state index in [2.05, 4.69) is 4.74 Å². The molecule has 0 saturated carbocycles. The van der Waals surface area contributed by atoms with Crippen LogP contribution in [0.4, 0.5) is 26.3 Å². The minimum absolute atomic E-state index is 0.157. The van der Waals surface area contributed by atoms with Crippen LogP contribution in [0.1, 0.15) is 12.8 Å². The third-order valence-corrected chi connectivity index (χ3v) is 2.48. The van der Waals surface area contributed by atoms with Crippen LogP contribution in [0.5, 0.6) is 0 Å². The molecular weight excluding hydrogens is 372 g/mol. The van der Waals surface area contributed by atoms with E-state index in [1.54, 1.807) is 22.6 Å². The minimum Gasteiger partial charge on any atom is -0.370 e. The van der Waals surface area contributed by atoms with Crippen molar-refractivity contribution in [3.05, 3.63) is 0 Å². The van der Waals surface area contributed by atoms with Crippen molar-refractivity contribution in [3.8, 4) is 0 Å². The van der Waals surface area contributed by atoms with Gasteiger partial charge < -0.3 is 4.74 Å². The van der Waals surface area contributed by atoms with Crippen LogP contribution in [-0.4, -0.2) is 28.7 Å². The summed E-state index contributed by atoms with van der Waals surface area (Å²) in [6.45, 7) is -0.157. The highest BCUT2D eigenvalue weighted by molar-refractivity contribution is 14.1. The van der Waals surface area contributed by atoms with E-state index in [4.69, 9.17) is 0 Å². The molecule has 0 N–H and O–H groups in total. The van der Waals surface area contributed by atoms with Gasteiger partial charge in [0.1, 0.15) is 0 Å². The van der Waals surface area contributed by atoms with Crippen molar-refractivity contribution in [3.63, 3.8) is 0 Å². The van der Waals surface area contributed by atoms with Crippen molar-refractivity contribution in [2.24, 2.45) is 0 Å². The van der Waals surface area contributed by atoms with E-state index in [-0.39, 0.29) is 6.61 Å². The second kappa shape index (κ2) is 6.04. The summed E-state index contributed by atoms with van der Waals surface area (Å²) in [6.07, 6.45) is -12.7. The van der Waals surface area contributed by atoms with Crippen molar-refractivity contribution >= 4 is 31.8 Å². The average Bonchev–Trinajstić information content (AvgIpc) is 1.93. The van der Waals surface area contributed by atoms with Gasteiger partial charge in [-0.2, -0.15) is 26.3 Å². The number of alkyl halides is 7. The van der Waals surface area contributed by atoms with Gasteiger partial charge in [0.25, 0.3) is 0 Å². The maximum Gasteiger partial charge on any atom is 0.392 e. The zero-order valence-electron chi connectivity index (χ0n) is 7.96. The zero-order valence-corrected chi connectivity index (χ0v) is 11.3. The lowest BCUT2D eigenvalue weighted by atomic mass is 10.1. The van der Waals surface area contributed by atoms with Crippen LogP contribution < -0.4 is 0 Å². The quantitative estimate of drug-likeness (QED) is 0.303.